The second kappa shape index (κ2) is 5.87. The number of aromatic nitrogens is 2. The Labute approximate surface area is 134 Å². The van der Waals surface area contributed by atoms with E-state index >= 15 is 0 Å². The topological polar surface area (TPSA) is 78.1 Å². The van der Waals surface area contributed by atoms with Crippen LogP contribution in [0.2, 0.25) is 0 Å². The molecule has 0 fully saturated rings. The van der Waals surface area contributed by atoms with Gasteiger partial charge in [0, 0.05) is 24.2 Å². The van der Waals surface area contributed by atoms with Gasteiger partial charge in [-0.1, -0.05) is 6.92 Å². The zero-order valence-electron chi connectivity index (χ0n) is 13.6. The van der Waals surface area contributed by atoms with E-state index in [4.69, 9.17) is 0 Å². The highest BCUT2D eigenvalue weighted by molar-refractivity contribution is 6.06. The molecule has 2 aromatic rings. The number of anilines is 2. The second-order valence-electron chi connectivity index (χ2n) is 5.76. The number of fused-ring (bicyclic) bond motifs is 1. The molecule has 3 rings (SSSR count). The van der Waals surface area contributed by atoms with Crippen LogP contribution in [0.25, 0.3) is 0 Å². The van der Waals surface area contributed by atoms with Crippen molar-refractivity contribution in [3.8, 4) is 0 Å². The molecule has 0 spiro atoms. The standard InChI is InChI=1S/C17H20N4O2/c1-4-15(22)21-8-7-12-9-13(5-6-14(12)21)17(23)18-16-10(2)19-20-11(16)3/h5-6,9H,4,7-8H2,1-3H3,(H,18,23)(H,19,20). The Hall–Kier alpha value is -2.63. The number of nitrogens with one attached hydrogen (secondary N) is 2. The van der Waals surface area contributed by atoms with Crippen molar-refractivity contribution in [2.24, 2.45) is 0 Å². The summed E-state index contributed by atoms with van der Waals surface area (Å²) < 4.78 is 0. The van der Waals surface area contributed by atoms with Crippen molar-refractivity contribution in [2.45, 2.75) is 33.6 Å². The number of rotatable bonds is 3. The second-order valence-corrected chi connectivity index (χ2v) is 5.76. The van der Waals surface area contributed by atoms with E-state index in [1.807, 2.05) is 32.9 Å². The molecule has 120 valence electrons. The van der Waals surface area contributed by atoms with Crippen LogP contribution in [0.3, 0.4) is 0 Å². The van der Waals surface area contributed by atoms with Crippen molar-refractivity contribution < 1.29 is 9.59 Å². The van der Waals surface area contributed by atoms with Gasteiger partial charge in [-0.2, -0.15) is 5.10 Å². The van der Waals surface area contributed by atoms with Crippen LogP contribution in [-0.4, -0.2) is 28.6 Å². The molecule has 1 aliphatic heterocycles. The molecule has 6 nitrogen and oxygen atoms in total. The van der Waals surface area contributed by atoms with Gasteiger partial charge in [-0.15, -0.1) is 0 Å². The van der Waals surface area contributed by atoms with Gasteiger partial charge >= 0.3 is 0 Å². The van der Waals surface area contributed by atoms with E-state index in [1.165, 1.54) is 0 Å². The smallest absolute Gasteiger partial charge is 0.255 e. The van der Waals surface area contributed by atoms with E-state index in [2.05, 4.69) is 15.5 Å². The molecule has 6 heteroatoms. The molecule has 0 bridgehead atoms. The minimum absolute atomic E-state index is 0.116. The lowest BCUT2D eigenvalue weighted by Gasteiger charge is -2.16. The van der Waals surface area contributed by atoms with E-state index < -0.39 is 0 Å². The highest BCUT2D eigenvalue weighted by atomic mass is 16.2. The molecule has 0 unspecified atom stereocenters. The van der Waals surface area contributed by atoms with Crippen molar-refractivity contribution >= 4 is 23.2 Å². The Morgan fingerprint density at radius 2 is 2.13 bits per heavy atom. The molecule has 1 aromatic carbocycles. The van der Waals surface area contributed by atoms with Gasteiger partial charge in [0.15, 0.2) is 0 Å². The van der Waals surface area contributed by atoms with E-state index in [0.29, 0.717) is 18.5 Å². The molecule has 1 aromatic heterocycles. The summed E-state index contributed by atoms with van der Waals surface area (Å²) in [6.07, 6.45) is 1.27. The Bertz CT molecular complexity index is 759. The first-order valence-corrected chi connectivity index (χ1v) is 7.77. The van der Waals surface area contributed by atoms with Crippen molar-refractivity contribution in [3.05, 3.63) is 40.7 Å². The summed E-state index contributed by atoms with van der Waals surface area (Å²) in [6.45, 7) is 6.26. The summed E-state index contributed by atoms with van der Waals surface area (Å²) in [5, 5.41) is 9.82. The Balaban J connectivity index is 1.83. The van der Waals surface area contributed by atoms with Crippen LogP contribution in [-0.2, 0) is 11.2 Å². The quantitative estimate of drug-likeness (QED) is 0.914. The third kappa shape index (κ3) is 2.72. The first-order chi connectivity index (χ1) is 11.0. The van der Waals surface area contributed by atoms with Gasteiger partial charge in [0.05, 0.1) is 17.1 Å². The molecule has 0 aliphatic carbocycles. The molecule has 0 saturated carbocycles. The fourth-order valence-corrected chi connectivity index (χ4v) is 2.91. The molecule has 0 radical (unpaired) electrons. The van der Waals surface area contributed by atoms with Crippen molar-refractivity contribution in [3.63, 3.8) is 0 Å². The summed E-state index contributed by atoms with van der Waals surface area (Å²) in [5.41, 5.74) is 4.87. The fourth-order valence-electron chi connectivity index (χ4n) is 2.91. The van der Waals surface area contributed by atoms with Gasteiger partial charge < -0.3 is 10.2 Å². The average molecular weight is 312 g/mol. The van der Waals surface area contributed by atoms with Gasteiger partial charge in [0.2, 0.25) is 5.91 Å². The number of nitrogens with zero attached hydrogens (tertiary/aromatic N) is 2. The molecule has 1 aliphatic rings. The summed E-state index contributed by atoms with van der Waals surface area (Å²) in [7, 11) is 0. The monoisotopic (exact) mass is 312 g/mol. The lowest BCUT2D eigenvalue weighted by molar-refractivity contribution is -0.118. The zero-order valence-corrected chi connectivity index (χ0v) is 13.6. The first-order valence-electron chi connectivity index (χ1n) is 7.77. The Morgan fingerprint density at radius 3 is 2.78 bits per heavy atom. The van der Waals surface area contributed by atoms with Gasteiger partial charge in [0.25, 0.3) is 5.91 Å². The van der Waals surface area contributed by atoms with E-state index in [1.54, 1.807) is 11.0 Å². The van der Waals surface area contributed by atoms with Crippen LogP contribution in [0.1, 0.15) is 40.7 Å². The van der Waals surface area contributed by atoms with Crippen LogP contribution in [0.5, 0.6) is 0 Å². The van der Waals surface area contributed by atoms with Crippen LogP contribution >= 0.6 is 0 Å². The minimum Gasteiger partial charge on any atom is -0.319 e. The lowest BCUT2D eigenvalue weighted by Crippen LogP contribution is -2.27. The Morgan fingerprint density at radius 1 is 1.35 bits per heavy atom. The molecule has 0 atom stereocenters. The van der Waals surface area contributed by atoms with Crippen molar-refractivity contribution in [2.75, 3.05) is 16.8 Å². The molecule has 2 heterocycles. The predicted molar refractivity (Wildman–Crippen MR) is 88.8 cm³/mol. The van der Waals surface area contributed by atoms with Crippen LogP contribution in [0.15, 0.2) is 18.2 Å². The van der Waals surface area contributed by atoms with Crippen molar-refractivity contribution in [1.82, 2.24) is 10.2 Å². The number of carbonyl (C=O) groups excluding carboxylic acids is 2. The summed E-state index contributed by atoms with van der Waals surface area (Å²) in [4.78, 5) is 26.2. The largest absolute Gasteiger partial charge is 0.319 e. The summed E-state index contributed by atoms with van der Waals surface area (Å²) in [5.74, 6) is -0.0498. The molecule has 0 saturated heterocycles. The number of aryl methyl sites for hydroxylation is 2. The lowest BCUT2D eigenvalue weighted by atomic mass is 10.1. The molecular formula is C17H20N4O2. The van der Waals surface area contributed by atoms with Crippen LogP contribution < -0.4 is 10.2 Å². The van der Waals surface area contributed by atoms with Gasteiger partial charge in [-0.3, -0.25) is 14.7 Å². The predicted octanol–water partition coefficient (Wildman–Crippen LogP) is 2.58. The fraction of sp³-hybridized carbons (Fsp3) is 0.353. The maximum absolute atomic E-state index is 12.5. The maximum atomic E-state index is 12.5. The summed E-state index contributed by atoms with van der Waals surface area (Å²) in [6, 6.07) is 5.50. The molecular weight excluding hydrogens is 292 g/mol. The van der Waals surface area contributed by atoms with Gasteiger partial charge in [-0.25, -0.2) is 0 Å². The third-order valence-electron chi connectivity index (χ3n) is 4.21. The molecule has 2 amide bonds. The number of hydrogen-bond donors (Lipinski definition) is 2. The highest BCUT2D eigenvalue weighted by Gasteiger charge is 2.24. The van der Waals surface area contributed by atoms with E-state index in [-0.39, 0.29) is 11.8 Å². The minimum atomic E-state index is -0.166. The SMILES string of the molecule is CCC(=O)N1CCc2cc(C(=O)Nc3c(C)n[nH]c3C)ccc21. The average Bonchev–Trinajstić information content (AvgIpc) is 3.11. The number of H-pyrrole nitrogens is 1. The normalized spacial score (nSPS) is 13.1. The van der Waals surface area contributed by atoms with Crippen LogP contribution in [0, 0.1) is 13.8 Å². The number of amides is 2. The number of hydrogen-bond acceptors (Lipinski definition) is 3. The van der Waals surface area contributed by atoms with Crippen molar-refractivity contribution in [1.29, 1.82) is 0 Å². The molecule has 23 heavy (non-hydrogen) atoms. The zero-order chi connectivity index (χ0) is 16.6. The number of aromatic amines is 1. The van der Waals surface area contributed by atoms with Gasteiger partial charge in [0.1, 0.15) is 0 Å². The number of benzene rings is 1. The first kappa shape index (κ1) is 15.3. The summed E-state index contributed by atoms with van der Waals surface area (Å²) >= 11 is 0. The maximum Gasteiger partial charge on any atom is 0.255 e. The van der Waals surface area contributed by atoms with E-state index in [9.17, 15) is 9.59 Å². The number of carbonyl (C=O) groups is 2. The van der Waals surface area contributed by atoms with Gasteiger partial charge in [-0.05, 0) is 44.0 Å². The van der Waals surface area contributed by atoms with Crippen LogP contribution in [0.4, 0.5) is 11.4 Å². The Kier molecular flexibility index (Phi) is 3.90. The van der Waals surface area contributed by atoms with E-state index in [0.717, 1.165) is 34.7 Å². The third-order valence-corrected chi connectivity index (χ3v) is 4.21. The molecule has 2 N–H and O–H groups in total. The highest BCUT2D eigenvalue weighted by Crippen LogP contribution is 2.29.